The molecule has 1 unspecified atom stereocenters. The van der Waals surface area contributed by atoms with Gasteiger partial charge < -0.3 is 14.7 Å². The number of ketones is 1. The van der Waals surface area contributed by atoms with Crippen LogP contribution in [-0.4, -0.2) is 35.4 Å². The number of methoxy groups -OCH3 is 1. The Morgan fingerprint density at radius 1 is 0.938 bits per heavy atom. The lowest BCUT2D eigenvalue weighted by Crippen LogP contribution is -2.31. The van der Waals surface area contributed by atoms with Crippen molar-refractivity contribution in [3.8, 4) is 5.75 Å². The lowest BCUT2D eigenvalue weighted by Gasteiger charge is -2.25. The summed E-state index contributed by atoms with van der Waals surface area (Å²) in [6.07, 6.45) is 0.602. The van der Waals surface area contributed by atoms with Crippen molar-refractivity contribution in [3.05, 3.63) is 107 Å². The van der Waals surface area contributed by atoms with E-state index in [4.69, 9.17) is 4.74 Å². The summed E-state index contributed by atoms with van der Waals surface area (Å²) in [5.74, 6) is -0.757. The summed E-state index contributed by atoms with van der Waals surface area (Å²) in [5.41, 5.74) is 3.47. The van der Waals surface area contributed by atoms with Gasteiger partial charge in [-0.15, -0.1) is 0 Å². The molecule has 1 saturated heterocycles. The van der Waals surface area contributed by atoms with E-state index in [2.05, 4.69) is 0 Å². The van der Waals surface area contributed by atoms with Gasteiger partial charge in [0.2, 0.25) is 0 Å². The molecule has 0 aliphatic carbocycles. The topological polar surface area (TPSA) is 66.8 Å². The van der Waals surface area contributed by atoms with Crippen molar-refractivity contribution in [3.63, 3.8) is 0 Å². The van der Waals surface area contributed by atoms with Crippen molar-refractivity contribution in [1.82, 2.24) is 4.90 Å². The van der Waals surface area contributed by atoms with Crippen LogP contribution < -0.4 is 4.74 Å². The molecule has 4 rings (SSSR count). The highest BCUT2D eigenvalue weighted by Gasteiger charge is 2.45. The van der Waals surface area contributed by atoms with Crippen LogP contribution >= 0.6 is 0 Å². The highest BCUT2D eigenvalue weighted by Crippen LogP contribution is 2.39. The zero-order valence-electron chi connectivity index (χ0n) is 18.1. The number of amides is 1. The second kappa shape index (κ2) is 9.10. The molecule has 0 saturated carbocycles. The van der Waals surface area contributed by atoms with Gasteiger partial charge in [0, 0.05) is 12.1 Å². The first-order valence-corrected chi connectivity index (χ1v) is 10.5. The quantitative estimate of drug-likeness (QED) is 0.353. The number of aliphatic hydroxyl groups is 1. The van der Waals surface area contributed by atoms with Gasteiger partial charge in [0.25, 0.3) is 11.7 Å². The summed E-state index contributed by atoms with van der Waals surface area (Å²) < 4.78 is 5.25. The van der Waals surface area contributed by atoms with Gasteiger partial charge in [0.1, 0.15) is 11.5 Å². The monoisotopic (exact) mass is 427 g/mol. The van der Waals surface area contributed by atoms with Gasteiger partial charge in [-0.2, -0.15) is 0 Å². The van der Waals surface area contributed by atoms with E-state index in [1.807, 2.05) is 61.5 Å². The van der Waals surface area contributed by atoms with E-state index >= 15 is 0 Å². The number of hydrogen-bond donors (Lipinski definition) is 1. The summed E-state index contributed by atoms with van der Waals surface area (Å²) >= 11 is 0. The molecule has 1 aliphatic rings. The van der Waals surface area contributed by atoms with Gasteiger partial charge in [-0.25, -0.2) is 0 Å². The average molecular weight is 428 g/mol. The number of Topliss-reactive ketones (excluding diaryl/α,β-unsaturated/α-hetero) is 1. The molecule has 0 radical (unpaired) electrons. The van der Waals surface area contributed by atoms with Gasteiger partial charge in [0.15, 0.2) is 0 Å². The predicted octanol–water partition coefficient (Wildman–Crippen LogP) is 4.67. The Kier molecular flexibility index (Phi) is 6.08. The smallest absolute Gasteiger partial charge is 0.295 e. The fourth-order valence-electron chi connectivity index (χ4n) is 4.00. The van der Waals surface area contributed by atoms with Crippen molar-refractivity contribution >= 4 is 17.4 Å². The normalized spacial score (nSPS) is 17.6. The average Bonchev–Trinajstić information content (AvgIpc) is 3.08. The molecule has 1 amide bonds. The molecule has 5 heteroatoms. The van der Waals surface area contributed by atoms with E-state index in [1.54, 1.807) is 36.3 Å². The molecule has 1 N–H and O–H groups in total. The first-order chi connectivity index (χ1) is 15.5. The molecule has 5 nitrogen and oxygen atoms in total. The number of carbonyl (C=O) groups is 2. The molecule has 0 bridgehead atoms. The molecule has 162 valence electrons. The number of aliphatic hydroxyl groups excluding tert-OH is 1. The molecule has 1 aliphatic heterocycles. The molecular weight excluding hydrogens is 402 g/mol. The first kappa shape index (κ1) is 21.4. The SMILES string of the molecule is COc1ccc(C2C(=C(O)c3ccc(C)cc3)C(=O)C(=O)N2CCc2ccccc2)cc1. The van der Waals surface area contributed by atoms with Gasteiger partial charge in [-0.05, 0) is 36.6 Å². The van der Waals surface area contributed by atoms with Crippen LogP contribution in [0.25, 0.3) is 5.76 Å². The maximum Gasteiger partial charge on any atom is 0.295 e. The molecule has 1 fully saturated rings. The Morgan fingerprint density at radius 3 is 2.22 bits per heavy atom. The van der Waals surface area contributed by atoms with E-state index in [0.29, 0.717) is 24.3 Å². The molecule has 3 aromatic rings. The van der Waals surface area contributed by atoms with E-state index in [0.717, 1.165) is 16.7 Å². The highest BCUT2D eigenvalue weighted by molar-refractivity contribution is 6.46. The third-order valence-corrected chi connectivity index (χ3v) is 5.78. The zero-order valence-corrected chi connectivity index (χ0v) is 18.1. The van der Waals surface area contributed by atoms with Crippen molar-refractivity contribution < 1.29 is 19.4 Å². The molecule has 0 spiro atoms. The number of benzene rings is 3. The van der Waals surface area contributed by atoms with Gasteiger partial charge in [-0.1, -0.05) is 72.3 Å². The number of rotatable bonds is 6. The van der Waals surface area contributed by atoms with Crippen molar-refractivity contribution in [2.24, 2.45) is 0 Å². The summed E-state index contributed by atoms with van der Waals surface area (Å²) in [6.45, 7) is 2.31. The zero-order chi connectivity index (χ0) is 22.7. The Bertz CT molecular complexity index is 1150. The van der Waals surface area contributed by atoms with Crippen molar-refractivity contribution in [2.45, 2.75) is 19.4 Å². The van der Waals surface area contributed by atoms with Gasteiger partial charge >= 0.3 is 0 Å². The number of hydrogen-bond acceptors (Lipinski definition) is 4. The Labute approximate surface area is 187 Å². The predicted molar refractivity (Wildman–Crippen MR) is 123 cm³/mol. The summed E-state index contributed by atoms with van der Waals surface area (Å²) in [4.78, 5) is 27.7. The lowest BCUT2D eigenvalue weighted by atomic mass is 9.95. The summed E-state index contributed by atoms with van der Waals surface area (Å²) in [5, 5.41) is 11.1. The molecule has 1 atom stereocenters. The standard InChI is InChI=1S/C27H25NO4/c1-18-8-10-21(11-9-18)25(29)23-24(20-12-14-22(32-2)15-13-20)28(27(31)26(23)30)17-16-19-6-4-3-5-7-19/h3-15,24,29H,16-17H2,1-2H3. The third-order valence-electron chi connectivity index (χ3n) is 5.78. The lowest BCUT2D eigenvalue weighted by molar-refractivity contribution is -0.139. The fourth-order valence-corrected chi connectivity index (χ4v) is 4.00. The van der Waals surface area contributed by atoms with E-state index < -0.39 is 17.7 Å². The highest BCUT2D eigenvalue weighted by atomic mass is 16.5. The van der Waals surface area contributed by atoms with Crippen LogP contribution in [0.1, 0.15) is 28.3 Å². The fraction of sp³-hybridized carbons (Fsp3) is 0.185. The molecule has 0 aromatic heterocycles. The minimum Gasteiger partial charge on any atom is -0.507 e. The molecule has 3 aromatic carbocycles. The molecule has 32 heavy (non-hydrogen) atoms. The Morgan fingerprint density at radius 2 is 1.59 bits per heavy atom. The maximum atomic E-state index is 13.1. The van der Waals surface area contributed by atoms with E-state index in [1.165, 1.54) is 0 Å². The van der Waals surface area contributed by atoms with Crippen LogP contribution in [0.5, 0.6) is 5.75 Å². The number of aryl methyl sites for hydroxylation is 1. The minimum absolute atomic E-state index is 0.108. The second-order valence-electron chi connectivity index (χ2n) is 7.87. The van der Waals surface area contributed by atoms with Gasteiger partial charge in [-0.3, -0.25) is 9.59 Å². The largest absolute Gasteiger partial charge is 0.507 e. The van der Waals surface area contributed by atoms with Crippen LogP contribution in [0.3, 0.4) is 0 Å². The summed E-state index contributed by atoms with van der Waals surface area (Å²) in [6, 6.07) is 23.6. The third kappa shape index (κ3) is 4.14. The first-order valence-electron chi connectivity index (χ1n) is 10.5. The van der Waals surface area contributed by atoms with E-state index in [9.17, 15) is 14.7 Å². The molecule has 1 heterocycles. The second-order valence-corrected chi connectivity index (χ2v) is 7.87. The maximum absolute atomic E-state index is 13.1. The number of ether oxygens (including phenoxy) is 1. The van der Waals surface area contributed by atoms with Crippen LogP contribution in [0.2, 0.25) is 0 Å². The molecular formula is C27H25NO4. The van der Waals surface area contributed by atoms with Crippen LogP contribution in [-0.2, 0) is 16.0 Å². The minimum atomic E-state index is -0.675. The number of likely N-dealkylation sites (tertiary alicyclic amines) is 1. The van der Waals surface area contributed by atoms with Crippen molar-refractivity contribution in [2.75, 3.05) is 13.7 Å². The number of nitrogens with zero attached hydrogens (tertiary/aromatic N) is 1. The van der Waals surface area contributed by atoms with Crippen LogP contribution in [0.15, 0.2) is 84.4 Å². The Balaban J connectivity index is 1.77. The Hall–Kier alpha value is -3.86. The number of carbonyl (C=O) groups excluding carboxylic acids is 2. The van der Waals surface area contributed by atoms with Crippen molar-refractivity contribution in [1.29, 1.82) is 0 Å². The van der Waals surface area contributed by atoms with Gasteiger partial charge in [0.05, 0.1) is 18.7 Å². The summed E-state index contributed by atoms with van der Waals surface area (Å²) in [7, 11) is 1.58. The van der Waals surface area contributed by atoms with Crippen LogP contribution in [0.4, 0.5) is 0 Å². The van der Waals surface area contributed by atoms with Crippen LogP contribution in [0, 0.1) is 6.92 Å². The van der Waals surface area contributed by atoms with E-state index in [-0.39, 0.29) is 11.3 Å².